The van der Waals surface area contributed by atoms with Crippen molar-refractivity contribution in [1.82, 2.24) is 4.98 Å². The minimum absolute atomic E-state index is 0.141. The lowest BCUT2D eigenvalue weighted by molar-refractivity contribution is 0.618. The Labute approximate surface area is 57.9 Å². The van der Waals surface area contributed by atoms with Gasteiger partial charge in [0.2, 0.25) is 0 Å². The van der Waals surface area contributed by atoms with Gasteiger partial charge in [0.25, 0.3) is 0 Å². The van der Waals surface area contributed by atoms with Gasteiger partial charge < -0.3 is 11.5 Å². The number of nitrogens with zero attached hydrogens (tertiary/aromatic N) is 1. The summed E-state index contributed by atoms with van der Waals surface area (Å²) in [6, 6.07) is 1.44. The minimum Gasteiger partial charge on any atom is -0.384 e. The van der Waals surface area contributed by atoms with E-state index in [9.17, 15) is 4.39 Å². The van der Waals surface area contributed by atoms with Crippen molar-refractivity contribution in [3.63, 3.8) is 0 Å². The number of nitrogen functional groups attached to an aromatic ring is 2. The van der Waals surface area contributed by atoms with Gasteiger partial charge in [-0.05, 0) is 18.6 Å². The van der Waals surface area contributed by atoms with Crippen LogP contribution in [0.5, 0.6) is 0 Å². The summed E-state index contributed by atoms with van der Waals surface area (Å²) in [6.07, 6.45) is 0. The molecule has 0 aliphatic heterocycles. The number of hydrogen-bond acceptors (Lipinski definition) is 3. The van der Waals surface area contributed by atoms with Gasteiger partial charge in [-0.2, -0.15) is 0 Å². The second-order valence-electron chi connectivity index (χ2n) is 2.06. The molecule has 0 unspecified atom stereocenters. The molecule has 1 rings (SSSR count). The van der Waals surface area contributed by atoms with Crippen LogP contribution < -0.4 is 11.5 Å². The number of rotatable bonds is 0. The zero-order valence-electron chi connectivity index (χ0n) is 5.56. The quantitative estimate of drug-likeness (QED) is 0.558. The first kappa shape index (κ1) is 6.80. The number of anilines is 2. The molecule has 3 nitrogen and oxygen atoms in total. The van der Waals surface area contributed by atoms with Gasteiger partial charge in [-0.3, -0.25) is 0 Å². The summed E-state index contributed by atoms with van der Waals surface area (Å²) in [6.45, 7) is 1.59. The molecule has 4 N–H and O–H groups in total. The molecule has 0 bridgehead atoms. The molecule has 0 spiro atoms. The zero-order chi connectivity index (χ0) is 7.72. The SMILES string of the molecule is Cc1cc(N)nc(N)c1F. The van der Waals surface area contributed by atoms with Crippen LogP contribution in [0.4, 0.5) is 16.0 Å². The molecule has 0 aliphatic rings. The predicted molar refractivity (Wildman–Crippen MR) is 37.8 cm³/mol. The molecule has 1 aromatic rings. The third-order valence-electron chi connectivity index (χ3n) is 1.19. The van der Waals surface area contributed by atoms with Crippen LogP contribution in [0.15, 0.2) is 6.07 Å². The third-order valence-corrected chi connectivity index (χ3v) is 1.19. The highest BCUT2D eigenvalue weighted by Crippen LogP contribution is 2.13. The van der Waals surface area contributed by atoms with Gasteiger partial charge in [-0.15, -0.1) is 0 Å². The molecular weight excluding hydrogens is 133 g/mol. The zero-order valence-corrected chi connectivity index (χ0v) is 5.56. The smallest absolute Gasteiger partial charge is 0.168 e. The van der Waals surface area contributed by atoms with Crippen LogP contribution >= 0.6 is 0 Å². The average molecular weight is 141 g/mol. The number of aryl methyl sites for hydroxylation is 1. The third kappa shape index (κ3) is 1.00. The molecule has 0 radical (unpaired) electrons. The summed E-state index contributed by atoms with van der Waals surface area (Å²) in [7, 11) is 0. The van der Waals surface area contributed by atoms with Crippen molar-refractivity contribution >= 4 is 11.6 Å². The summed E-state index contributed by atoms with van der Waals surface area (Å²) in [5, 5.41) is 0. The molecule has 0 aromatic carbocycles. The molecule has 0 saturated heterocycles. The first-order chi connectivity index (χ1) is 4.61. The number of hydrogen-bond donors (Lipinski definition) is 2. The fourth-order valence-corrected chi connectivity index (χ4v) is 0.708. The van der Waals surface area contributed by atoms with Crippen molar-refractivity contribution in [3.05, 3.63) is 17.4 Å². The number of aromatic nitrogens is 1. The van der Waals surface area contributed by atoms with E-state index in [4.69, 9.17) is 11.5 Å². The fourth-order valence-electron chi connectivity index (χ4n) is 0.708. The maximum atomic E-state index is 12.7. The Morgan fingerprint density at radius 1 is 1.50 bits per heavy atom. The highest BCUT2D eigenvalue weighted by molar-refractivity contribution is 5.44. The summed E-state index contributed by atoms with van der Waals surface area (Å²) in [4.78, 5) is 3.51. The van der Waals surface area contributed by atoms with Crippen molar-refractivity contribution in [2.24, 2.45) is 0 Å². The fraction of sp³-hybridized carbons (Fsp3) is 0.167. The number of nitrogens with two attached hydrogens (primary N) is 2. The first-order valence-electron chi connectivity index (χ1n) is 2.79. The van der Waals surface area contributed by atoms with E-state index in [2.05, 4.69) is 4.98 Å². The highest BCUT2D eigenvalue weighted by Gasteiger charge is 2.03. The summed E-state index contributed by atoms with van der Waals surface area (Å²) in [5.74, 6) is -0.386. The van der Waals surface area contributed by atoms with E-state index in [1.165, 1.54) is 6.07 Å². The largest absolute Gasteiger partial charge is 0.384 e. The van der Waals surface area contributed by atoms with Crippen LogP contribution in [-0.2, 0) is 0 Å². The maximum absolute atomic E-state index is 12.7. The second kappa shape index (κ2) is 2.13. The topological polar surface area (TPSA) is 64.9 Å². The van der Waals surface area contributed by atoms with Crippen LogP contribution in [0.1, 0.15) is 5.56 Å². The van der Waals surface area contributed by atoms with E-state index in [-0.39, 0.29) is 11.6 Å². The standard InChI is InChI=1S/C6H8FN3/c1-3-2-4(8)10-6(9)5(3)7/h2H,1H3,(H4,8,9,10). The molecule has 0 saturated carbocycles. The highest BCUT2D eigenvalue weighted by atomic mass is 19.1. The Bertz CT molecular complexity index is 236. The van der Waals surface area contributed by atoms with Crippen molar-refractivity contribution in [3.8, 4) is 0 Å². The van der Waals surface area contributed by atoms with E-state index in [1.54, 1.807) is 6.92 Å². The first-order valence-corrected chi connectivity index (χ1v) is 2.79. The number of halogens is 1. The lowest BCUT2D eigenvalue weighted by atomic mass is 10.3. The van der Waals surface area contributed by atoms with Crippen LogP contribution in [0.25, 0.3) is 0 Å². The Morgan fingerprint density at radius 3 is 2.60 bits per heavy atom. The van der Waals surface area contributed by atoms with Crippen molar-refractivity contribution in [2.45, 2.75) is 6.92 Å². The predicted octanol–water partition coefficient (Wildman–Crippen LogP) is 0.694. The molecule has 1 heterocycles. The maximum Gasteiger partial charge on any atom is 0.168 e. The van der Waals surface area contributed by atoms with Gasteiger partial charge in [-0.25, -0.2) is 9.37 Å². The van der Waals surface area contributed by atoms with Crippen LogP contribution in [0, 0.1) is 12.7 Å². The molecule has 0 fully saturated rings. The van der Waals surface area contributed by atoms with Crippen molar-refractivity contribution < 1.29 is 4.39 Å². The average Bonchev–Trinajstić information content (AvgIpc) is 1.82. The van der Waals surface area contributed by atoms with Crippen LogP contribution in [0.2, 0.25) is 0 Å². The Hall–Kier alpha value is -1.32. The lowest BCUT2D eigenvalue weighted by Gasteiger charge is -1.99. The molecule has 4 heteroatoms. The molecule has 1 aromatic heterocycles. The van der Waals surface area contributed by atoms with E-state index in [0.29, 0.717) is 5.56 Å². The Morgan fingerprint density at radius 2 is 2.10 bits per heavy atom. The molecule has 0 aliphatic carbocycles. The summed E-state index contributed by atoms with van der Waals surface area (Å²) in [5.41, 5.74) is 10.8. The normalized spacial score (nSPS) is 9.80. The van der Waals surface area contributed by atoms with E-state index in [1.807, 2.05) is 0 Å². The number of pyridine rings is 1. The van der Waals surface area contributed by atoms with Crippen molar-refractivity contribution in [1.29, 1.82) is 0 Å². The molecule has 0 amide bonds. The van der Waals surface area contributed by atoms with Gasteiger partial charge in [0.05, 0.1) is 0 Å². The van der Waals surface area contributed by atoms with Crippen LogP contribution in [0.3, 0.4) is 0 Å². The monoisotopic (exact) mass is 141 g/mol. The second-order valence-corrected chi connectivity index (χ2v) is 2.06. The molecular formula is C6H8FN3. The van der Waals surface area contributed by atoms with E-state index >= 15 is 0 Å². The summed E-state index contributed by atoms with van der Waals surface area (Å²) >= 11 is 0. The van der Waals surface area contributed by atoms with Gasteiger partial charge in [0.15, 0.2) is 11.6 Å². The van der Waals surface area contributed by atoms with Gasteiger partial charge in [0.1, 0.15) is 5.82 Å². The molecule has 0 atom stereocenters. The van der Waals surface area contributed by atoms with Gasteiger partial charge in [0, 0.05) is 0 Å². The Kier molecular flexibility index (Phi) is 1.45. The van der Waals surface area contributed by atoms with Gasteiger partial charge in [-0.1, -0.05) is 0 Å². The summed E-state index contributed by atoms with van der Waals surface area (Å²) < 4.78 is 12.7. The van der Waals surface area contributed by atoms with Gasteiger partial charge >= 0.3 is 0 Å². The minimum atomic E-state index is -0.491. The molecule has 54 valence electrons. The molecule has 10 heavy (non-hydrogen) atoms. The van der Waals surface area contributed by atoms with Crippen molar-refractivity contribution in [2.75, 3.05) is 11.5 Å². The Balaban J connectivity index is 3.31. The lowest BCUT2D eigenvalue weighted by Crippen LogP contribution is -2.00. The van der Waals surface area contributed by atoms with E-state index < -0.39 is 5.82 Å². The van der Waals surface area contributed by atoms with Crippen LogP contribution in [-0.4, -0.2) is 4.98 Å². The van der Waals surface area contributed by atoms with E-state index in [0.717, 1.165) is 0 Å².